The minimum atomic E-state index is 0.134. The van der Waals surface area contributed by atoms with Crippen molar-refractivity contribution in [3.8, 4) is 0 Å². The summed E-state index contributed by atoms with van der Waals surface area (Å²) in [5.74, 6) is 0. The van der Waals surface area contributed by atoms with E-state index in [9.17, 15) is 0 Å². The lowest BCUT2D eigenvalue weighted by Gasteiger charge is -2.34. The molecule has 2 atom stereocenters. The van der Waals surface area contributed by atoms with Crippen LogP contribution in [0.4, 0.5) is 0 Å². The van der Waals surface area contributed by atoms with E-state index in [2.05, 4.69) is 30.3 Å². The van der Waals surface area contributed by atoms with Gasteiger partial charge in [0.15, 0.2) is 0 Å². The van der Waals surface area contributed by atoms with Crippen molar-refractivity contribution in [1.29, 1.82) is 0 Å². The van der Waals surface area contributed by atoms with Crippen LogP contribution in [0.1, 0.15) is 33.7 Å². The summed E-state index contributed by atoms with van der Waals surface area (Å²) in [6.07, 6.45) is 5.60. The van der Waals surface area contributed by atoms with Crippen molar-refractivity contribution in [1.82, 2.24) is 9.55 Å². The normalized spacial score (nSPS) is 17.0. The molecule has 2 unspecified atom stereocenters. The van der Waals surface area contributed by atoms with E-state index in [1.54, 1.807) is 6.20 Å². The first kappa shape index (κ1) is 10.3. The zero-order valence-electron chi connectivity index (χ0n) is 8.86. The lowest BCUT2D eigenvalue weighted by atomic mass is 9.83. The maximum atomic E-state index is 5.97. The van der Waals surface area contributed by atoms with Gasteiger partial charge in [0.1, 0.15) is 0 Å². The van der Waals surface area contributed by atoms with Crippen LogP contribution in [0.15, 0.2) is 18.7 Å². The Kier molecular flexibility index (Phi) is 2.76. The van der Waals surface area contributed by atoms with Crippen LogP contribution in [0.5, 0.6) is 0 Å². The van der Waals surface area contributed by atoms with Gasteiger partial charge in [-0.3, -0.25) is 0 Å². The summed E-state index contributed by atoms with van der Waals surface area (Å²) in [4.78, 5) is 4.05. The molecule has 0 spiro atoms. The lowest BCUT2D eigenvalue weighted by Crippen LogP contribution is -2.37. The quantitative estimate of drug-likeness (QED) is 0.756. The molecule has 0 aliphatic rings. The Bertz CT molecular complexity index is 244. The molecule has 3 heteroatoms. The van der Waals surface area contributed by atoms with E-state index >= 15 is 0 Å². The number of nitrogens with zero attached hydrogens (tertiary/aromatic N) is 2. The third-order valence-corrected chi connectivity index (χ3v) is 2.23. The fourth-order valence-electron chi connectivity index (χ4n) is 1.94. The molecule has 1 aromatic heterocycles. The molecule has 0 fully saturated rings. The molecule has 13 heavy (non-hydrogen) atoms. The van der Waals surface area contributed by atoms with E-state index < -0.39 is 0 Å². The number of aromatic nitrogens is 2. The van der Waals surface area contributed by atoms with Crippen molar-refractivity contribution in [2.75, 3.05) is 0 Å². The fraction of sp³-hybridized carbons (Fsp3) is 0.700. The summed E-state index contributed by atoms with van der Waals surface area (Å²) in [5.41, 5.74) is 6.13. The monoisotopic (exact) mass is 181 g/mol. The Morgan fingerprint density at radius 3 is 2.31 bits per heavy atom. The Morgan fingerprint density at radius 1 is 1.38 bits per heavy atom. The van der Waals surface area contributed by atoms with Crippen LogP contribution >= 0.6 is 0 Å². The van der Waals surface area contributed by atoms with Crippen LogP contribution < -0.4 is 5.73 Å². The van der Waals surface area contributed by atoms with Gasteiger partial charge >= 0.3 is 0 Å². The number of hydrogen-bond acceptors (Lipinski definition) is 2. The van der Waals surface area contributed by atoms with Crippen LogP contribution in [0, 0.1) is 5.41 Å². The number of rotatable bonds is 2. The molecule has 1 rings (SSSR count). The van der Waals surface area contributed by atoms with Gasteiger partial charge < -0.3 is 10.3 Å². The van der Waals surface area contributed by atoms with Gasteiger partial charge in [-0.25, -0.2) is 4.98 Å². The minimum Gasteiger partial charge on any atom is -0.332 e. The van der Waals surface area contributed by atoms with E-state index in [1.807, 2.05) is 19.4 Å². The molecule has 0 saturated carbocycles. The van der Waals surface area contributed by atoms with Crippen molar-refractivity contribution >= 4 is 0 Å². The van der Waals surface area contributed by atoms with Crippen LogP contribution in [-0.4, -0.2) is 15.6 Å². The first-order valence-corrected chi connectivity index (χ1v) is 4.66. The van der Waals surface area contributed by atoms with Gasteiger partial charge in [-0.05, 0) is 12.3 Å². The van der Waals surface area contributed by atoms with Crippen LogP contribution in [-0.2, 0) is 0 Å². The summed E-state index contributed by atoms with van der Waals surface area (Å²) in [5, 5.41) is 0. The molecule has 74 valence electrons. The van der Waals surface area contributed by atoms with Crippen LogP contribution in [0.3, 0.4) is 0 Å². The van der Waals surface area contributed by atoms with Gasteiger partial charge in [-0.1, -0.05) is 20.8 Å². The van der Waals surface area contributed by atoms with Crippen molar-refractivity contribution in [3.05, 3.63) is 18.7 Å². The topological polar surface area (TPSA) is 43.8 Å². The molecule has 0 aromatic carbocycles. The minimum absolute atomic E-state index is 0.134. The van der Waals surface area contributed by atoms with Crippen molar-refractivity contribution in [3.63, 3.8) is 0 Å². The van der Waals surface area contributed by atoms with Gasteiger partial charge in [0.2, 0.25) is 0 Å². The van der Waals surface area contributed by atoms with Gasteiger partial charge in [0.05, 0.1) is 12.4 Å². The summed E-state index contributed by atoms with van der Waals surface area (Å²) < 4.78 is 2.09. The second-order valence-electron chi connectivity index (χ2n) is 4.68. The van der Waals surface area contributed by atoms with E-state index in [0.29, 0.717) is 6.04 Å². The number of imidazole rings is 1. The SMILES string of the molecule is CC(N)C(n1ccnc1)C(C)(C)C. The Labute approximate surface area is 80.0 Å². The van der Waals surface area contributed by atoms with Crippen molar-refractivity contribution in [2.24, 2.45) is 11.1 Å². The Balaban J connectivity index is 2.94. The lowest BCUT2D eigenvalue weighted by molar-refractivity contribution is 0.212. The molecule has 0 aliphatic heterocycles. The first-order valence-electron chi connectivity index (χ1n) is 4.66. The maximum Gasteiger partial charge on any atom is 0.0949 e. The summed E-state index contributed by atoms with van der Waals surface area (Å²) in [6.45, 7) is 8.62. The molecular formula is C10H19N3. The molecule has 1 aromatic rings. The standard InChI is InChI=1S/C10H19N3/c1-8(11)9(10(2,3)4)13-6-5-12-7-13/h5-9H,11H2,1-4H3. The second kappa shape index (κ2) is 3.50. The van der Waals surface area contributed by atoms with Crippen molar-refractivity contribution in [2.45, 2.75) is 39.8 Å². The van der Waals surface area contributed by atoms with Crippen LogP contribution in [0.25, 0.3) is 0 Å². The van der Waals surface area contributed by atoms with Gasteiger partial charge in [-0.2, -0.15) is 0 Å². The average Bonchev–Trinajstić information content (AvgIpc) is 2.34. The highest BCUT2D eigenvalue weighted by Gasteiger charge is 2.28. The summed E-state index contributed by atoms with van der Waals surface area (Å²) in [6, 6.07) is 0.434. The zero-order chi connectivity index (χ0) is 10.1. The highest BCUT2D eigenvalue weighted by Crippen LogP contribution is 2.32. The maximum absolute atomic E-state index is 5.97. The van der Waals surface area contributed by atoms with Gasteiger partial charge in [0.25, 0.3) is 0 Å². The molecule has 3 nitrogen and oxygen atoms in total. The van der Waals surface area contributed by atoms with Crippen LogP contribution in [0.2, 0.25) is 0 Å². The molecular weight excluding hydrogens is 162 g/mol. The third kappa shape index (κ3) is 2.31. The first-order chi connectivity index (χ1) is 5.93. The summed E-state index contributed by atoms with van der Waals surface area (Å²) in [7, 11) is 0. The second-order valence-corrected chi connectivity index (χ2v) is 4.68. The Hall–Kier alpha value is -0.830. The van der Waals surface area contributed by atoms with E-state index in [1.165, 1.54) is 0 Å². The third-order valence-electron chi connectivity index (χ3n) is 2.23. The van der Waals surface area contributed by atoms with Gasteiger partial charge in [-0.15, -0.1) is 0 Å². The van der Waals surface area contributed by atoms with E-state index in [0.717, 1.165) is 0 Å². The molecule has 2 N–H and O–H groups in total. The summed E-state index contributed by atoms with van der Waals surface area (Å²) >= 11 is 0. The van der Waals surface area contributed by atoms with E-state index in [4.69, 9.17) is 5.73 Å². The highest BCUT2D eigenvalue weighted by molar-refractivity contribution is 4.90. The zero-order valence-corrected chi connectivity index (χ0v) is 8.86. The predicted molar refractivity (Wildman–Crippen MR) is 54.4 cm³/mol. The fourth-order valence-corrected chi connectivity index (χ4v) is 1.94. The highest BCUT2D eigenvalue weighted by atomic mass is 15.1. The smallest absolute Gasteiger partial charge is 0.0949 e. The average molecular weight is 181 g/mol. The predicted octanol–water partition coefficient (Wildman–Crippen LogP) is 1.82. The molecule has 0 radical (unpaired) electrons. The van der Waals surface area contributed by atoms with Gasteiger partial charge in [0, 0.05) is 18.4 Å². The largest absolute Gasteiger partial charge is 0.332 e. The van der Waals surface area contributed by atoms with Crippen molar-refractivity contribution < 1.29 is 0 Å². The molecule has 0 saturated heterocycles. The van der Waals surface area contributed by atoms with E-state index in [-0.39, 0.29) is 11.5 Å². The molecule has 0 bridgehead atoms. The molecule has 0 aliphatic carbocycles. The number of hydrogen-bond donors (Lipinski definition) is 1. The Morgan fingerprint density at radius 2 is 2.00 bits per heavy atom. The number of nitrogens with two attached hydrogens (primary N) is 1. The molecule has 1 heterocycles. The molecule has 0 amide bonds.